The third kappa shape index (κ3) is 4.10. The molecule has 158 valence electrons. The number of carbonyl (C=O) groups is 1. The minimum atomic E-state index is -3.29. The van der Waals surface area contributed by atoms with Crippen LogP contribution in [0.2, 0.25) is 0 Å². The summed E-state index contributed by atoms with van der Waals surface area (Å²) in [5.74, 6) is 0.859. The normalized spacial score (nSPS) is 15.4. The summed E-state index contributed by atoms with van der Waals surface area (Å²) in [6.07, 6.45) is 0.705. The summed E-state index contributed by atoms with van der Waals surface area (Å²) in [5.41, 5.74) is 7.50. The maximum Gasteiger partial charge on any atom is 0.235 e. The van der Waals surface area contributed by atoms with Crippen LogP contribution in [0.15, 0.2) is 42.5 Å². The van der Waals surface area contributed by atoms with E-state index in [4.69, 9.17) is 10.5 Å². The fourth-order valence-corrected chi connectivity index (χ4v) is 5.05. The van der Waals surface area contributed by atoms with Crippen LogP contribution < -0.4 is 20.1 Å². The molecule has 9 nitrogen and oxygen atoms in total. The second kappa shape index (κ2) is 8.33. The molecule has 0 atom stereocenters. The molecule has 2 heterocycles. The maximum absolute atomic E-state index is 12.6. The largest absolute Gasteiger partial charge is 0.492 e. The topological polar surface area (TPSA) is 130 Å². The number of nitrogens with two attached hydrogens (primary N) is 1. The third-order valence-electron chi connectivity index (χ3n) is 4.89. The number of para-hydroxylation sites is 1. The molecular weight excluding hydrogens is 406 g/mol. The van der Waals surface area contributed by atoms with Gasteiger partial charge in [0.25, 0.3) is 0 Å². The molecule has 1 aliphatic heterocycles. The van der Waals surface area contributed by atoms with Gasteiger partial charge in [-0.1, -0.05) is 18.2 Å². The highest BCUT2D eigenvalue weighted by molar-refractivity contribution is 7.93. The predicted molar refractivity (Wildman–Crippen MR) is 115 cm³/mol. The standard InChI is InChI=1S/C20H23N5O4S/c21-8-10-29-18-5-2-1-4-14(18)12-19(26)22-20-16-13-15(6-7-17(16)23-24-20)25-9-3-11-30(25,27)28/h1-2,4-7,13H,3,8-12,21H2,(H2,22,23,24,26). The van der Waals surface area contributed by atoms with Gasteiger partial charge in [-0.3, -0.25) is 14.2 Å². The number of sulfonamides is 1. The molecule has 4 N–H and O–H groups in total. The van der Waals surface area contributed by atoms with Crippen molar-refractivity contribution in [2.75, 3.05) is 35.1 Å². The van der Waals surface area contributed by atoms with Crippen LogP contribution in [-0.2, 0) is 21.2 Å². The average Bonchev–Trinajstić information content (AvgIpc) is 3.29. The Morgan fingerprint density at radius 1 is 1.27 bits per heavy atom. The molecule has 1 aromatic heterocycles. The van der Waals surface area contributed by atoms with Gasteiger partial charge < -0.3 is 15.8 Å². The number of benzene rings is 2. The number of H-pyrrole nitrogens is 1. The Morgan fingerprint density at radius 2 is 2.10 bits per heavy atom. The lowest BCUT2D eigenvalue weighted by Gasteiger charge is -2.16. The zero-order valence-corrected chi connectivity index (χ0v) is 17.1. The molecule has 1 aliphatic rings. The summed E-state index contributed by atoms with van der Waals surface area (Å²) in [6, 6.07) is 12.5. The Labute approximate surface area is 174 Å². The van der Waals surface area contributed by atoms with Gasteiger partial charge in [0.2, 0.25) is 15.9 Å². The monoisotopic (exact) mass is 429 g/mol. The van der Waals surface area contributed by atoms with E-state index in [1.807, 2.05) is 18.2 Å². The van der Waals surface area contributed by atoms with E-state index in [2.05, 4.69) is 15.5 Å². The van der Waals surface area contributed by atoms with Crippen LogP contribution in [0.5, 0.6) is 5.75 Å². The van der Waals surface area contributed by atoms with Gasteiger partial charge in [0.05, 0.1) is 23.4 Å². The summed E-state index contributed by atoms with van der Waals surface area (Å²) in [4.78, 5) is 12.6. The molecule has 0 bridgehead atoms. The maximum atomic E-state index is 12.6. The van der Waals surface area contributed by atoms with E-state index in [0.717, 1.165) is 5.56 Å². The van der Waals surface area contributed by atoms with Crippen molar-refractivity contribution in [3.63, 3.8) is 0 Å². The second-order valence-electron chi connectivity index (χ2n) is 7.01. The molecule has 10 heteroatoms. The lowest BCUT2D eigenvalue weighted by atomic mass is 10.1. The first-order chi connectivity index (χ1) is 14.5. The number of ether oxygens (including phenoxy) is 1. The van der Waals surface area contributed by atoms with E-state index in [9.17, 15) is 13.2 Å². The van der Waals surface area contributed by atoms with Crippen molar-refractivity contribution in [1.29, 1.82) is 0 Å². The summed E-state index contributed by atoms with van der Waals surface area (Å²) in [5, 5.41) is 10.5. The van der Waals surface area contributed by atoms with Crippen molar-refractivity contribution in [2.45, 2.75) is 12.8 Å². The summed E-state index contributed by atoms with van der Waals surface area (Å²) < 4.78 is 31.4. The van der Waals surface area contributed by atoms with Crippen LogP contribution in [0.25, 0.3) is 10.9 Å². The molecule has 0 spiro atoms. The molecule has 3 aromatic rings. The number of aromatic amines is 1. The van der Waals surface area contributed by atoms with Crippen LogP contribution in [0.4, 0.5) is 11.5 Å². The van der Waals surface area contributed by atoms with Crippen LogP contribution in [0.1, 0.15) is 12.0 Å². The van der Waals surface area contributed by atoms with E-state index in [-0.39, 0.29) is 18.1 Å². The summed E-state index contributed by atoms with van der Waals surface area (Å²) in [6.45, 7) is 1.20. The number of rotatable bonds is 7. The molecule has 0 aliphatic carbocycles. The third-order valence-corrected chi connectivity index (χ3v) is 6.76. The first kappa shape index (κ1) is 20.2. The van der Waals surface area contributed by atoms with Crippen molar-refractivity contribution in [1.82, 2.24) is 10.2 Å². The first-order valence-corrected chi connectivity index (χ1v) is 11.3. The van der Waals surface area contributed by atoms with E-state index in [1.165, 1.54) is 4.31 Å². The molecule has 2 aromatic carbocycles. The van der Waals surface area contributed by atoms with Gasteiger partial charge in [-0.2, -0.15) is 5.10 Å². The van der Waals surface area contributed by atoms with Crippen molar-refractivity contribution >= 4 is 38.3 Å². The highest BCUT2D eigenvalue weighted by atomic mass is 32.2. The van der Waals surface area contributed by atoms with Gasteiger partial charge in [-0.15, -0.1) is 0 Å². The molecule has 1 fully saturated rings. The van der Waals surface area contributed by atoms with Crippen molar-refractivity contribution in [2.24, 2.45) is 5.73 Å². The van der Waals surface area contributed by atoms with E-state index >= 15 is 0 Å². The van der Waals surface area contributed by atoms with Gasteiger partial charge >= 0.3 is 0 Å². The molecule has 4 rings (SSSR count). The predicted octanol–water partition coefficient (Wildman–Crippen LogP) is 1.62. The SMILES string of the molecule is NCCOc1ccccc1CC(=O)Nc1n[nH]c2ccc(N3CCCS3(=O)=O)cc12. The van der Waals surface area contributed by atoms with Gasteiger partial charge in [0.15, 0.2) is 5.82 Å². The number of nitrogens with one attached hydrogen (secondary N) is 2. The quantitative estimate of drug-likeness (QED) is 0.523. The highest BCUT2D eigenvalue weighted by Crippen LogP contribution is 2.30. The Hall–Kier alpha value is -3.11. The smallest absolute Gasteiger partial charge is 0.235 e. The summed E-state index contributed by atoms with van der Waals surface area (Å²) in [7, 11) is -3.29. The molecule has 0 radical (unpaired) electrons. The zero-order valence-electron chi connectivity index (χ0n) is 16.3. The number of carbonyl (C=O) groups excluding carboxylic acids is 1. The van der Waals surface area contributed by atoms with E-state index in [1.54, 1.807) is 24.3 Å². The zero-order chi connectivity index (χ0) is 21.1. The molecule has 0 saturated carbocycles. The minimum Gasteiger partial charge on any atom is -0.492 e. The Morgan fingerprint density at radius 3 is 2.87 bits per heavy atom. The van der Waals surface area contributed by atoms with Crippen LogP contribution in [-0.4, -0.2) is 50.0 Å². The fourth-order valence-electron chi connectivity index (χ4n) is 3.49. The average molecular weight is 430 g/mol. The summed E-state index contributed by atoms with van der Waals surface area (Å²) >= 11 is 0. The molecule has 0 unspecified atom stereocenters. The number of hydrogen-bond acceptors (Lipinski definition) is 6. The Bertz CT molecular complexity index is 1170. The Balaban J connectivity index is 1.54. The molecular formula is C20H23N5O4S. The lowest BCUT2D eigenvalue weighted by molar-refractivity contribution is -0.115. The molecule has 1 amide bonds. The van der Waals surface area contributed by atoms with Gasteiger partial charge in [-0.05, 0) is 30.7 Å². The van der Waals surface area contributed by atoms with Gasteiger partial charge in [0.1, 0.15) is 12.4 Å². The van der Waals surface area contributed by atoms with E-state index < -0.39 is 10.0 Å². The van der Waals surface area contributed by atoms with Crippen LogP contribution in [0.3, 0.4) is 0 Å². The number of nitrogens with zero attached hydrogens (tertiary/aromatic N) is 2. The van der Waals surface area contributed by atoms with Crippen molar-refractivity contribution in [3.05, 3.63) is 48.0 Å². The highest BCUT2D eigenvalue weighted by Gasteiger charge is 2.28. The van der Waals surface area contributed by atoms with Crippen LogP contribution >= 0.6 is 0 Å². The van der Waals surface area contributed by atoms with E-state index in [0.29, 0.717) is 54.3 Å². The number of aromatic nitrogens is 2. The van der Waals surface area contributed by atoms with Crippen molar-refractivity contribution in [3.8, 4) is 5.75 Å². The first-order valence-electron chi connectivity index (χ1n) is 9.67. The molecule has 1 saturated heterocycles. The second-order valence-corrected chi connectivity index (χ2v) is 9.03. The number of amides is 1. The van der Waals surface area contributed by atoms with Crippen molar-refractivity contribution < 1.29 is 17.9 Å². The minimum absolute atomic E-state index is 0.106. The number of hydrogen-bond donors (Lipinski definition) is 3. The lowest BCUT2D eigenvalue weighted by Crippen LogP contribution is -2.24. The molecule has 30 heavy (non-hydrogen) atoms. The fraction of sp³-hybridized carbons (Fsp3) is 0.300. The van der Waals surface area contributed by atoms with Gasteiger partial charge in [0, 0.05) is 24.0 Å². The van der Waals surface area contributed by atoms with Gasteiger partial charge in [-0.25, -0.2) is 8.42 Å². The number of fused-ring (bicyclic) bond motifs is 1. The Kier molecular flexibility index (Phi) is 5.60. The number of anilines is 2. The van der Waals surface area contributed by atoms with Crippen LogP contribution in [0, 0.1) is 0 Å².